The third-order valence-corrected chi connectivity index (χ3v) is 4.21. The number of benzene rings is 1. The van der Waals surface area contributed by atoms with E-state index in [1.807, 2.05) is 12.1 Å². The van der Waals surface area contributed by atoms with Crippen LogP contribution in [-0.4, -0.2) is 26.3 Å². The molecule has 0 amide bonds. The molecule has 1 unspecified atom stereocenters. The van der Waals surface area contributed by atoms with Crippen LogP contribution in [-0.2, 0) is 27.1 Å². The second kappa shape index (κ2) is 17.3. The van der Waals surface area contributed by atoms with Crippen molar-refractivity contribution in [1.29, 1.82) is 0 Å². The minimum atomic E-state index is 0. The maximum atomic E-state index is 9.18. The van der Waals surface area contributed by atoms with Crippen LogP contribution >= 0.6 is 24.8 Å². The summed E-state index contributed by atoms with van der Waals surface area (Å²) in [7, 11) is 3.48. The van der Waals surface area contributed by atoms with Gasteiger partial charge in [-0.25, -0.2) is 10.8 Å². The van der Waals surface area contributed by atoms with Crippen molar-refractivity contribution >= 4 is 46.0 Å². The first kappa shape index (κ1) is 40.8. The summed E-state index contributed by atoms with van der Waals surface area (Å²) in [6, 6.07) is 7.39. The van der Waals surface area contributed by atoms with Crippen LogP contribution in [0.15, 0.2) is 40.6 Å². The Morgan fingerprint density at radius 2 is 1.54 bits per heavy atom. The molecule has 6 heteroatoms. The number of hydrogen-bond donors (Lipinski definition) is 1. The SMILES string of the molecule is CC(C)(C)c1cccc(O)c1.CC1=C(C)C(C)[C-]=C1[Si].Cl.Cl.[CH3-].[CH3-].[Si].[Ti+3]. The molecule has 0 aromatic heterocycles. The number of rotatable bonds is 0. The topological polar surface area (TPSA) is 20.2 Å². The fourth-order valence-electron chi connectivity index (χ4n) is 1.93. The molecule has 1 nitrogen and oxygen atoms in total. The van der Waals surface area contributed by atoms with Gasteiger partial charge in [-0.2, -0.15) is 5.57 Å². The predicted octanol–water partition coefficient (Wildman–Crippen LogP) is 5.88. The molecule has 0 spiro atoms. The summed E-state index contributed by atoms with van der Waals surface area (Å²) >= 11 is 0. The van der Waals surface area contributed by atoms with Crippen molar-refractivity contribution in [3.63, 3.8) is 0 Å². The molecule has 0 aliphatic heterocycles. The quantitative estimate of drug-likeness (QED) is 0.377. The Kier molecular flexibility index (Phi) is 27.2. The zero-order chi connectivity index (χ0) is 15.5. The zero-order valence-electron chi connectivity index (χ0n) is 17.2. The predicted molar refractivity (Wildman–Crippen MR) is 120 cm³/mol. The van der Waals surface area contributed by atoms with E-state index < -0.39 is 0 Å². The smallest absolute Gasteiger partial charge is 0.508 e. The van der Waals surface area contributed by atoms with E-state index in [9.17, 15) is 5.11 Å². The fraction of sp³-hybridized carbons (Fsp3) is 0.400. The molecule has 144 valence electrons. The van der Waals surface area contributed by atoms with Crippen molar-refractivity contribution < 1.29 is 26.8 Å². The van der Waals surface area contributed by atoms with E-state index in [1.54, 1.807) is 12.1 Å². The number of allylic oxidation sites excluding steroid dienone is 4. The molecule has 0 fully saturated rings. The summed E-state index contributed by atoms with van der Waals surface area (Å²) in [4.78, 5) is 0. The van der Waals surface area contributed by atoms with Gasteiger partial charge in [0.2, 0.25) is 0 Å². The Hall–Kier alpha value is 0.228. The van der Waals surface area contributed by atoms with Crippen molar-refractivity contribution in [2.24, 2.45) is 5.92 Å². The van der Waals surface area contributed by atoms with Crippen molar-refractivity contribution in [3.05, 3.63) is 67.1 Å². The van der Waals surface area contributed by atoms with E-state index in [0.29, 0.717) is 11.7 Å². The minimum Gasteiger partial charge on any atom is -0.508 e. The molecular weight excluding hydrogens is 431 g/mol. The largest absolute Gasteiger partial charge is 3.00 e. The van der Waals surface area contributed by atoms with Gasteiger partial charge in [0.05, 0.1) is 0 Å². The molecule has 1 aliphatic carbocycles. The van der Waals surface area contributed by atoms with Crippen LogP contribution in [0.2, 0.25) is 0 Å². The number of aromatic hydroxyl groups is 1. The molecule has 8 radical (unpaired) electrons. The van der Waals surface area contributed by atoms with Crippen LogP contribution in [0.3, 0.4) is 0 Å². The third kappa shape index (κ3) is 12.6. The number of hydrogen-bond acceptors (Lipinski definition) is 1. The second-order valence-corrected chi connectivity index (χ2v) is 6.85. The van der Waals surface area contributed by atoms with Gasteiger partial charge in [0, 0.05) is 21.2 Å². The van der Waals surface area contributed by atoms with E-state index in [2.05, 4.69) is 57.9 Å². The molecule has 0 saturated heterocycles. The first-order valence-electron chi connectivity index (χ1n) is 6.95. The molecule has 1 N–H and O–H groups in total. The second-order valence-electron chi connectivity index (χ2n) is 6.35. The molecule has 1 aromatic rings. The molecule has 2 rings (SSSR count). The Morgan fingerprint density at radius 3 is 1.73 bits per heavy atom. The average Bonchev–Trinajstić information content (AvgIpc) is 2.56. The van der Waals surface area contributed by atoms with Crippen molar-refractivity contribution in [2.75, 3.05) is 0 Å². The molecule has 0 bridgehead atoms. The van der Waals surface area contributed by atoms with E-state index in [1.165, 1.54) is 11.1 Å². The van der Waals surface area contributed by atoms with Crippen molar-refractivity contribution in [2.45, 2.75) is 47.0 Å². The van der Waals surface area contributed by atoms with Gasteiger partial charge < -0.3 is 20.0 Å². The van der Waals surface area contributed by atoms with Gasteiger partial charge in [0.15, 0.2) is 0 Å². The Labute approximate surface area is 197 Å². The molecule has 0 saturated carbocycles. The van der Waals surface area contributed by atoms with Gasteiger partial charge >= 0.3 is 21.7 Å². The summed E-state index contributed by atoms with van der Waals surface area (Å²) in [6.07, 6.45) is 3.27. The number of phenolic OH excluding ortho intramolecular Hbond substituents is 1. The third-order valence-electron chi connectivity index (χ3n) is 3.69. The van der Waals surface area contributed by atoms with E-state index in [0.717, 1.165) is 10.8 Å². The summed E-state index contributed by atoms with van der Waals surface area (Å²) < 4.78 is 0. The molecule has 1 atom stereocenters. The van der Waals surface area contributed by atoms with Gasteiger partial charge in [-0.15, -0.1) is 31.7 Å². The molecule has 1 aliphatic rings. The minimum absolute atomic E-state index is 0. The summed E-state index contributed by atoms with van der Waals surface area (Å²) in [5, 5.41) is 10.3. The monoisotopic (exact) mass is 462 g/mol. The number of phenols is 1. The maximum Gasteiger partial charge on any atom is 3.00 e. The fourth-order valence-corrected chi connectivity index (χ4v) is 2.34. The van der Waals surface area contributed by atoms with Gasteiger partial charge in [-0.3, -0.25) is 6.08 Å². The van der Waals surface area contributed by atoms with Gasteiger partial charge in [0.25, 0.3) is 0 Å². The summed E-state index contributed by atoms with van der Waals surface area (Å²) in [5.41, 5.74) is 4.07. The first-order chi connectivity index (χ1) is 9.12. The van der Waals surface area contributed by atoms with Crippen LogP contribution in [0.1, 0.15) is 47.1 Å². The van der Waals surface area contributed by atoms with Crippen molar-refractivity contribution in [3.8, 4) is 5.75 Å². The standard InChI is InChI=1S/C10H14O.C8H10Si.2CH3.2ClH.Si.Ti/c1-10(2,3)8-5-4-6-9(11)7-8;1-5-4-8(9)7(3)6(5)2;;;;;;/h4-7,11H,1-3H3;5H,1-3H3;2*1H3;2*1H;;/q;3*-1;;;;+3. The zero-order valence-corrected chi connectivity index (χ0v) is 22.3. The molecule has 1 aromatic carbocycles. The maximum absolute atomic E-state index is 9.18. The summed E-state index contributed by atoms with van der Waals surface area (Å²) in [6.45, 7) is 12.8. The normalized spacial score (nSPS) is 14.3. The molecule has 0 heterocycles. The van der Waals surface area contributed by atoms with Crippen LogP contribution in [0.5, 0.6) is 5.75 Å². The Balaban J connectivity index is -0.0000000631. The molecular formula is C20H32Cl2OSi2Ti. The Morgan fingerprint density at radius 1 is 1.08 bits per heavy atom. The van der Waals surface area contributed by atoms with E-state index >= 15 is 0 Å². The van der Waals surface area contributed by atoms with Crippen LogP contribution in [0.4, 0.5) is 0 Å². The average molecular weight is 463 g/mol. The van der Waals surface area contributed by atoms with Gasteiger partial charge in [0.1, 0.15) is 5.75 Å². The first-order valence-corrected chi connectivity index (χ1v) is 7.45. The Bertz CT molecular complexity index is 553. The van der Waals surface area contributed by atoms with E-state index in [-0.39, 0.29) is 77.8 Å². The number of halogens is 2. The van der Waals surface area contributed by atoms with E-state index in [4.69, 9.17) is 0 Å². The van der Waals surface area contributed by atoms with Crippen LogP contribution in [0, 0.1) is 26.8 Å². The molecule has 26 heavy (non-hydrogen) atoms. The van der Waals surface area contributed by atoms with Crippen molar-refractivity contribution in [1.82, 2.24) is 0 Å². The summed E-state index contributed by atoms with van der Waals surface area (Å²) in [5.74, 6) is 0.856. The van der Waals surface area contributed by atoms with Crippen LogP contribution < -0.4 is 0 Å². The van der Waals surface area contributed by atoms with Gasteiger partial charge in [-0.05, 0) is 23.1 Å². The van der Waals surface area contributed by atoms with Crippen LogP contribution in [0.25, 0.3) is 0 Å². The van der Waals surface area contributed by atoms with Gasteiger partial charge in [-0.1, -0.05) is 52.7 Å².